The fraction of sp³-hybridized carbons (Fsp3) is 0.467. The highest BCUT2D eigenvalue weighted by atomic mass is 79.9. The maximum Gasteiger partial charge on any atom is 0.326 e. The van der Waals surface area contributed by atoms with Crippen LogP contribution in [0.1, 0.15) is 25.8 Å². The number of amides is 1. The predicted molar refractivity (Wildman–Crippen MR) is 82.9 cm³/mol. The Labute approximate surface area is 132 Å². The van der Waals surface area contributed by atoms with Crippen molar-refractivity contribution < 1.29 is 19.8 Å². The van der Waals surface area contributed by atoms with Crippen LogP contribution in [0.5, 0.6) is 0 Å². The Kier molecular flexibility index (Phi) is 6.84. The molecule has 0 aliphatic heterocycles. The fourth-order valence-corrected chi connectivity index (χ4v) is 2.14. The van der Waals surface area contributed by atoms with Crippen molar-refractivity contribution in [3.05, 3.63) is 34.3 Å². The molecule has 0 aliphatic carbocycles. The lowest BCUT2D eigenvalue weighted by Crippen LogP contribution is -2.46. The van der Waals surface area contributed by atoms with Crippen molar-refractivity contribution in [2.75, 3.05) is 0 Å². The number of hydrogen-bond acceptors (Lipinski definition) is 3. The number of carboxylic acids is 1. The molecule has 1 rings (SSSR count). The highest BCUT2D eigenvalue weighted by Crippen LogP contribution is 2.12. The molecule has 0 saturated heterocycles. The minimum Gasteiger partial charge on any atom is -0.480 e. The van der Waals surface area contributed by atoms with Crippen LogP contribution < -0.4 is 5.32 Å². The first-order valence-corrected chi connectivity index (χ1v) is 7.54. The van der Waals surface area contributed by atoms with Gasteiger partial charge in [-0.25, -0.2) is 4.79 Å². The molecule has 6 heteroatoms. The van der Waals surface area contributed by atoms with E-state index in [0.29, 0.717) is 6.42 Å². The van der Waals surface area contributed by atoms with Gasteiger partial charge in [0.1, 0.15) is 12.1 Å². The van der Waals surface area contributed by atoms with Gasteiger partial charge < -0.3 is 15.5 Å². The molecule has 0 heterocycles. The van der Waals surface area contributed by atoms with Gasteiger partial charge in [0.15, 0.2) is 0 Å². The molecule has 1 aromatic rings. The molecule has 0 fully saturated rings. The standard InChI is InChI=1S/C15H20BrNO4/c1-9(2)7-13(18)14(19)17-12(15(20)21)8-10-3-5-11(16)6-4-10/h3-6,9,12-13,18H,7-8H2,1-2H3,(H,17,19)(H,20,21)/t12-,13-/m0/s1. The predicted octanol–water partition coefficient (Wildman–Crippen LogP) is 1.97. The molecule has 0 spiro atoms. The molecule has 0 unspecified atom stereocenters. The topological polar surface area (TPSA) is 86.6 Å². The van der Waals surface area contributed by atoms with E-state index in [1.165, 1.54) is 0 Å². The summed E-state index contributed by atoms with van der Waals surface area (Å²) in [6, 6.07) is 6.14. The minimum atomic E-state index is -1.18. The Balaban J connectivity index is 2.67. The Bertz CT molecular complexity index is 487. The molecular formula is C15H20BrNO4. The molecule has 0 bridgehead atoms. The molecule has 21 heavy (non-hydrogen) atoms. The maximum atomic E-state index is 11.8. The second kappa shape index (κ2) is 8.14. The quantitative estimate of drug-likeness (QED) is 0.696. The van der Waals surface area contributed by atoms with Crippen molar-refractivity contribution in [1.29, 1.82) is 0 Å². The van der Waals surface area contributed by atoms with Gasteiger partial charge in [0.05, 0.1) is 0 Å². The molecule has 0 radical (unpaired) electrons. The lowest BCUT2D eigenvalue weighted by molar-refractivity contribution is -0.143. The number of nitrogens with one attached hydrogen (secondary N) is 1. The number of aliphatic hydroxyl groups is 1. The van der Waals surface area contributed by atoms with Crippen LogP contribution >= 0.6 is 15.9 Å². The molecule has 2 atom stereocenters. The number of carbonyl (C=O) groups excluding carboxylic acids is 1. The first-order valence-electron chi connectivity index (χ1n) is 6.75. The number of hydrogen-bond donors (Lipinski definition) is 3. The molecule has 5 nitrogen and oxygen atoms in total. The summed E-state index contributed by atoms with van der Waals surface area (Å²) in [4.78, 5) is 23.1. The van der Waals surface area contributed by atoms with Crippen LogP contribution in [-0.4, -0.2) is 34.2 Å². The first-order chi connectivity index (χ1) is 9.79. The molecule has 3 N–H and O–H groups in total. The summed E-state index contributed by atoms with van der Waals surface area (Å²) in [6.07, 6.45) is -0.712. The van der Waals surface area contributed by atoms with Crippen LogP contribution in [0.2, 0.25) is 0 Å². The van der Waals surface area contributed by atoms with Gasteiger partial charge in [0.25, 0.3) is 0 Å². The second-order valence-corrected chi connectivity index (χ2v) is 6.29. The van der Waals surface area contributed by atoms with Crippen molar-refractivity contribution in [2.24, 2.45) is 5.92 Å². The highest BCUT2D eigenvalue weighted by molar-refractivity contribution is 9.10. The van der Waals surface area contributed by atoms with E-state index in [1.54, 1.807) is 12.1 Å². The average Bonchev–Trinajstić information content (AvgIpc) is 2.39. The summed E-state index contributed by atoms with van der Waals surface area (Å²) in [7, 11) is 0. The van der Waals surface area contributed by atoms with E-state index in [2.05, 4.69) is 21.2 Å². The van der Waals surface area contributed by atoms with E-state index in [0.717, 1.165) is 10.0 Å². The molecule has 1 aromatic carbocycles. The zero-order chi connectivity index (χ0) is 16.0. The molecule has 0 saturated carbocycles. The SMILES string of the molecule is CC(C)C[C@H](O)C(=O)N[C@@H](Cc1ccc(Br)cc1)C(=O)O. The number of aliphatic hydroxyl groups excluding tert-OH is 1. The molecule has 0 aromatic heterocycles. The lowest BCUT2D eigenvalue weighted by Gasteiger charge is -2.18. The van der Waals surface area contributed by atoms with E-state index in [4.69, 9.17) is 0 Å². The zero-order valence-electron chi connectivity index (χ0n) is 12.0. The average molecular weight is 358 g/mol. The van der Waals surface area contributed by atoms with Gasteiger partial charge in [-0.3, -0.25) is 4.79 Å². The van der Waals surface area contributed by atoms with Crippen molar-refractivity contribution in [1.82, 2.24) is 5.32 Å². The van der Waals surface area contributed by atoms with Crippen molar-refractivity contribution in [2.45, 2.75) is 38.8 Å². The number of halogens is 1. The van der Waals surface area contributed by atoms with Crippen molar-refractivity contribution in [3.8, 4) is 0 Å². The Morgan fingerprint density at radius 1 is 1.24 bits per heavy atom. The Hall–Kier alpha value is -1.40. The molecular weight excluding hydrogens is 338 g/mol. The Morgan fingerprint density at radius 3 is 2.29 bits per heavy atom. The zero-order valence-corrected chi connectivity index (χ0v) is 13.6. The van der Waals surface area contributed by atoms with Crippen LogP contribution in [-0.2, 0) is 16.0 Å². The number of benzene rings is 1. The molecule has 116 valence electrons. The smallest absolute Gasteiger partial charge is 0.326 e. The van der Waals surface area contributed by atoms with E-state index < -0.39 is 24.0 Å². The van der Waals surface area contributed by atoms with Crippen LogP contribution in [0.4, 0.5) is 0 Å². The number of carbonyl (C=O) groups is 2. The summed E-state index contributed by atoms with van der Waals surface area (Å²) < 4.78 is 0.898. The van der Waals surface area contributed by atoms with Gasteiger partial charge in [-0.15, -0.1) is 0 Å². The van der Waals surface area contributed by atoms with E-state index >= 15 is 0 Å². The highest BCUT2D eigenvalue weighted by Gasteiger charge is 2.24. The number of aliphatic carboxylic acids is 1. The van der Waals surface area contributed by atoms with Gasteiger partial charge in [-0.05, 0) is 30.0 Å². The van der Waals surface area contributed by atoms with Gasteiger partial charge in [-0.1, -0.05) is 41.9 Å². The van der Waals surface area contributed by atoms with Crippen molar-refractivity contribution >= 4 is 27.8 Å². The van der Waals surface area contributed by atoms with E-state index in [9.17, 15) is 19.8 Å². The third-order valence-electron chi connectivity index (χ3n) is 2.96. The summed E-state index contributed by atoms with van der Waals surface area (Å²) in [5, 5.41) is 21.3. The van der Waals surface area contributed by atoms with Crippen LogP contribution in [0.25, 0.3) is 0 Å². The normalized spacial score (nSPS) is 13.8. The van der Waals surface area contributed by atoms with Gasteiger partial charge in [-0.2, -0.15) is 0 Å². The largest absolute Gasteiger partial charge is 0.480 e. The number of carboxylic acid groups (broad SMARTS) is 1. The summed E-state index contributed by atoms with van der Waals surface area (Å²) in [6.45, 7) is 3.76. The minimum absolute atomic E-state index is 0.153. The summed E-state index contributed by atoms with van der Waals surface area (Å²) in [5.74, 6) is -1.61. The van der Waals surface area contributed by atoms with E-state index in [-0.39, 0.29) is 12.3 Å². The van der Waals surface area contributed by atoms with Gasteiger partial charge in [0, 0.05) is 10.9 Å². The fourth-order valence-electron chi connectivity index (χ4n) is 1.88. The lowest BCUT2D eigenvalue weighted by atomic mass is 10.0. The molecule has 0 aliphatic rings. The molecule has 1 amide bonds. The van der Waals surface area contributed by atoms with Crippen LogP contribution in [0.3, 0.4) is 0 Å². The van der Waals surface area contributed by atoms with Gasteiger partial charge in [0.2, 0.25) is 5.91 Å². The monoisotopic (exact) mass is 357 g/mol. The maximum absolute atomic E-state index is 11.8. The first kappa shape index (κ1) is 17.7. The van der Waals surface area contributed by atoms with Crippen molar-refractivity contribution in [3.63, 3.8) is 0 Å². The van der Waals surface area contributed by atoms with Crippen LogP contribution in [0, 0.1) is 5.92 Å². The van der Waals surface area contributed by atoms with E-state index in [1.807, 2.05) is 26.0 Å². The van der Waals surface area contributed by atoms with Gasteiger partial charge >= 0.3 is 5.97 Å². The summed E-state index contributed by atoms with van der Waals surface area (Å²) >= 11 is 3.30. The number of rotatable bonds is 7. The Morgan fingerprint density at radius 2 is 1.81 bits per heavy atom. The second-order valence-electron chi connectivity index (χ2n) is 5.38. The third kappa shape index (κ3) is 6.27. The van der Waals surface area contributed by atoms with Crippen LogP contribution in [0.15, 0.2) is 28.7 Å². The summed E-state index contributed by atoms with van der Waals surface area (Å²) in [5.41, 5.74) is 0.796. The third-order valence-corrected chi connectivity index (χ3v) is 3.49.